The van der Waals surface area contributed by atoms with Crippen LogP contribution in [0, 0.1) is 0 Å². The van der Waals surface area contributed by atoms with Crippen molar-refractivity contribution < 1.29 is 17.7 Å². The molecule has 0 amide bonds. The Bertz CT molecular complexity index is 871. The lowest BCUT2D eigenvalue weighted by Gasteiger charge is -2.34. The zero-order valence-corrected chi connectivity index (χ0v) is 15.0. The molecule has 10 heteroatoms. The molecule has 0 aliphatic carbocycles. The molecule has 0 aromatic carbocycles. The maximum absolute atomic E-state index is 12.6. The molecule has 0 N–H and O–H groups in total. The normalized spacial score (nSPS) is 16.0. The largest absolute Gasteiger partial charge is 0.417 e. The molecule has 0 saturated carbocycles. The summed E-state index contributed by atoms with van der Waals surface area (Å²) >= 11 is 1.57. The van der Waals surface area contributed by atoms with E-state index < -0.39 is 11.7 Å². The minimum absolute atomic E-state index is 0.547. The van der Waals surface area contributed by atoms with Crippen LogP contribution < -0.4 is 4.90 Å². The highest BCUT2D eigenvalue weighted by molar-refractivity contribution is 7.08. The van der Waals surface area contributed by atoms with Crippen molar-refractivity contribution >= 4 is 17.2 Å². The molecule has 4 rings (SSSR count). The molecule has 1 saturated heterocycles. The Morgan fingerprint density at radius 1 is 1.11 bits per heavy atom. The first-order chi connectivity index (χ1) is 13.0. The van der Waals surface area contributed by atoms with Crippen molar-refractivity contribution in [2.75, 3.05) is 31.1 Å². The molecule has 3 aromatic rings. The summed E-state index contributed by atoms with van der Waals surface area (Å²) in [5.74, 6) is 1.69. The minimum Gasteiger partial charge on any atom is -0.354 e. The Morgan fingerprint density at radius 3 is 2.56 bits per heavy atom. The summed E-state index contributed by atoms with van der Waals surface area (Å²) in [6.07, 6.45) is -3.48. The number of thiophene rings is 1. The van der Waals surface area contributed by atoms with Crippen LogP contribution in [0.15, 0.2) is 39.7 Å². The van der Waals surface area contributed by atoms with Crippen LogP contribution in [0.3, 0.4) is 0 Å². The number of hydrogen-bond donors (Lipinski definition) is 0. The third-order valence-electron chi connectivity index (χ3n) is 4.38. The van der Waals surface area contributed by atoms with Gasteiger partial charge in [0.05, 0.1) is 12.1 Å². The lowest BCUT2D eigenvalue weighted by atomic mass is 10.2. The Hall–Kier alpha value is -2.46. The second-order valence-corrected chi connectivity index (χ2v) is 6.97. The number of halogens is 3. The SMILES string of the molecule is FC(F)(F)c1ccc(N2CCN(Cc3nc(-c4ccsc4)no3)CC2)nc1. The predicted molar refractivity (Wildman–Crippen MR) is 94.3 cm³/mol. The van der Waals surface area contributed by atoms with Gasteiger partial charge in [-0.1, -0.05) is 5.16 Å². The summed E-state index contributed by atoms with van der Waals surface area (Å²) in [7, 11) is 0. The number of anilines is 1. The van der Waals surface area contributed by atoms with Crippen LogP contribution in [-0.4, -0.2) is 46.2 Å². The summed E-state index contributed by atoms with van der Waals surface area (Å²) in [4.78, 5) is 12.5. The van der Waals surface area contributed by atoms with Gasteiger partial charge < -0.3 is 9.42 Å². The first kappa shape index (κ1) is 17.9. The second kappa shape index (κ2) is 7.28. The average molecular weight is 395 g/mol. The molecule has 1 aliphatic rings. The quantitative estimate of drug-likeness (QED) is 0.674. The van der Waals surface area contributed by atoms with Crippen LogP contribution in [0.25, 0.3) is 11.4 Å². The second-order valence-electron chi connectivity index (χ2n) is 6.19. The van der Waals surface area contributed by atoms with Gasteiger partial charge >= 0.3 is 6.18 Å². The van der Waals surface area contributed by atoms with Gasteiger partial charge in [-0.15, -0.1) is 0 Å². The molecule has 1 fully saturated rings. The molecular weight excluding hydrogens is 379 g/mol. The van der Waals surface area contributed by atoms with E-state index in [2.05, 4.69) is 20.0 Å². The van der Waals surface area contributed by atoms with Crippen LogP contribution in [0.2, 0.25) is 0 Å². The van der Waals surface area contributed by atoms with E-state index >= 15 is 0 Å². The average Bonchev–Trinajstić information content (AvgIpc) is 3.33. The van der Waals surface area contributed by atoms with Crippen molar-refractivity contribution in [1.82, 2.24) is 20.0 Å². The van der Waals surface area contributed by atoms with Crippen molar-refractivity contribution in [1.29, 1.82) is 0 Å². The Labute approximate surface area is 157 Å². The van der Waals surface area contributed by atoms with Crippen molar-refractivity contribution in [2.45, 2.75) is 12.7 Å². The van der Waals surface area contributed by atoms with Crippen LogP contribution >= 0.6 is 11.3 Å². The third kappa shape index (κ3) is 4.11. The molecular formula is C17H16F3N5OS. The minimum atomic E-state index is -4.36. The maximum Gasteiger partial charge on any atom is 0.417 e. The van der Waals surface area contributed by atoms with Crippen LogP contribution in [-0.2, 0) is 12.7 Å². The first-order valence-corrected chi connectivity index (χ1v) is 9.29. The lowest BCUT2D eigenvalue weighted by molar-refractivity contribution is -0.137. The topological polar surface area (TPSA) is 58.3 Å². The number of hydrogen-bond acceptors (Lipinski definition) is 7. The molecule has 0 atom stereocenters. The van der Waals surface area contributed by atoms with E-state index in [9.17, 15) is 13.2 Å². The molecule has 0 unspecified atom stereocenters. The van der Waals surface area contributed by atoms with Gasteiger partial charge in [0.1, 0.15) is 5.82 Å². The molecule has 0 bridgehead atoms. The number of piperazine rings is 1. The molecule has 0 spiro atoms. The van der Waals surface area contributed by atoms with E-state index in [1.165, 1.54) is 6.07 Å². The van der Waals surface area contributed by atoms with E-state index in [4.69, 9.17) is 4.52 Å². The van der Waals surface area contributed by atoms with E-state index in [-0.39, 0.29) is 0 Å². The standard InChI is InChI=1S/C17H16F3N5OS/c18-17(19,20)13-1-2-14(21-9-13)25-6-4-24(5-7-25)10-15-22-16(23-26-15)12-3-8-27-11-12/h1-3,8-9,11H,4-7,10H2. The van der Waals surface area contributed by atoms with Gasteiger partial charge in [-0.2, -0.15) is 29.5 Å². The van der Waals surface area contributed by atoms with E-state index in [0.29, 0.717) is 37.2 Å². The summed E-state index contributed by atoms with van der Waals surface area (Å²) < 4.78 is 43.2. The number of alkyl halides is 3. The molecule has 4 heterocycles. The van der Waals surface area contributed by atoms with Crippen LogP contribution in [0.4, 0.5) is 19.0 Å². The molecule has 27 heavy (non-hydrogen) atoms. The Kier molecular flexibility index (Phi) is 4.83. The summed E-state index contributed by atoms with van der Waals surface area (Å²) in [6.45, 7) is 3.36. The van der Waals surface area contributed by atoms with Crippen molar-refractivity contribution in [3.63, 3.8) is 0 Å². The number of rotatable bonds is 4. The maximum atomic E-state index is 12.6. The zero-order valence-electron chi connectivity index (χ0n) is 14.2. The van der Waals surface area contributed by atoms with Crippen LogP contribution in [0.5, 0.6) is 0 Å². The van der Waals surface area contributed by atoms with Gasteiger partial charge in [0.15, 0.2) is 0 Å². The number of pyridine rings is 1. The third-order valence-corrected chi connectivity index (χ3v) is 5.06. The van der Waals surface area contributed by atoms with E-state index in [1.54, 1.807) is 11.3 Å². The Morgan fingerprint density at radius 2 is 1.93 bits per heavy atom. The van der Waals surface area contributed by atoms with Crippen molar-refractivity contribution in [2.24, 2.45) is 0 Å². The van der Waals surface area contributed by atoms with Gasteiger partial charge in [0.25, 0.3) is 0 Å². The highest BCUT2D eigenvalue weighted by Crippen LogP contribution is 2.29. The molecule has 142 valence electrons. The smallest absolute Gasteiger partial charge is 0.354 e. The predicted octanol–water partition coefficient (Wildman–Crippen LogP) is 3.53. The molecule has 0 radical (unpaired) electrons. The number of aromatic nitrogens is 3. The van der Waals surface area contributed by atoms with E-state index in [0.717, 1.165) is 30.9 Å². The van der Waals surface area contributed by atoms with E-state index in [1.807, 2.05) is 21.7 Å². The van der Waals surface area contributed by atoms with Gasteiger partial charge in [-0.3, -0.25) is 4.90 Å². The fraction of sp³-hybridized carbons (Fsp3) is 0.353. The first-order valence-electron chi connectivity index (χ1n) is 8.35. The zero-order chi connectivity index (χ0) is 18.9. The van der Waals surface area contributed by atoms with Crippen LogP contribution in [0.1, 0.15) is 11.5 Å². The highest BCUT2D eigenvalue weighted by atomic mass is 32.1. The van der Waals surface area contributed by atoms with Gasteiger partial charge in [0.2, 0.25) is 11.7 Å². The van der Waals surface area contributed by atoms with Crippen molar-refractivity contribution in [3.05, 3.63) is 46.6 Å². The van der Waals surface area contributed by atoms with Crippen molar-refractivity contribution in [3.8, 4) is 11.4 Å². The van der Waals surface area contributed by atoms with Gasteiger partial charge in [-0.25, -0.2) is 4.98 Å². The monoisotopic (exact) mass is 395 g/mol. The fourth-order valence-corrected chi connectivity index (χ4v) is 3.53. The molecule has 1 aliphatic heterocycles. The highest BCUT2D eigenvalue weighted by Gasteiger charge is 2.31. The number of nitrogens with zero attached hydrogens (tertiary/aromatic N) is 5. The van der Waals surface area contributed by atoms with Gasteiger partial charge in [-0.05, 0) is 23.6 Å². The summed E-state index contributed by atoms with van der Waals surface area (Å²) in [5.41, 5.74) is 0.205. The Balaban J connectivity index is 1.33. The summed E-state index contributed by atoms with van der Waals surface area (Å²) in [5, 5.41) is 7.92. The molecule has 6 nitrogen and oxygen atoms in total. The van der Waals surface area contributed by atoms with Gasteiger partial charge in [0, 0.05) is 43.3 Å². The lowest BCUT2D eigenvalue weighted by Crippen LogP contribution is -2.46. The molecule has 3 aromatic heterocycles. The fourth-order valence-electron chi connectivity index (χ4n) is 2.90. The summed E-state index contributed by atoms with van der Waals surface area (Å²) in [6, 6.07) is 4.43.